The zero-order valence-electron chi connectivity index (χ0n) is 7.16. The van der Waals surface area contributed by atoms with Gasteiger partial charge in [-0.1, -0.05) is 11.6 Å². The zero-order valence-corrected chi connectivity index (χ0v) is 7.92. The van der Waals surface area contributed by atoms with E-state index < -0.39 is 0 Å². The van der Waals surface area contributed by atoms with Gasteiger partial charge in [0.15, 0.2) is 0 Å². The van der Waals surface area contributed by atoms with Crippen LogP contribution in [0.15, 0.2) is 18.2 Å². The molecule has 1 saturated heterocycles. The average Bonchev–Trinajstić information content (AvgIpc) is 2.53. The zero-order chi connectivity index (χ0) is 9.26. The SMILES string of the molecule is Oc1cc(Cl)cc([C@H]2CCCO2)c1. The van der Waals surface area contributed by atoms with Crippen molar-refractivity contribution in [3.63, 3.8) is 0 Å². The molecule has 0 radical (unpaired) electrons. The van der Waals surface area contributed by atoms with E-state index in [0.29, 0.717) is 5.02 Å². The Hall–Kier alpha value is -0.730. The molecule has 1 atom stereocenters. The van der Waals surface area contributed by atoms with Crippen molar-refractivity contribution in [1.82, 2.24) is 0 Å². The molecule has 70 valence electrons. The molecule has 13 heavy (non-hydrogen) atoms. The molecule has 1 heterocycles. The van der Waals surface area contributed by atoms with E-state index in [2.05, 4.69) is 0 Å². The van der Waals surface area contributed by atoms with Crippen molar-refractivity contribution in [3.8, 4) is 5.75 Å². The number of hydrogen-bond acceptors (Lipinski definition) is 2. The molecular weight excluding hydrogens is 188 g/mol. The van der Waals surface area contributed by atoms with Crippen molar-refractivity contribution in [1.29, 1.82) is 0 Å². The minimum absolute atomic E-state index is 0.115. The Morgan fingerprint density at radius 1 is 1.38 bits per heavy atom. The highest BCUT2D eigenvalue weighted by molar-refractivity contribution is 6.30. The summed E-state index contributed by atoms with van der Waals surface area (Å²) < 4.78 is 5.48. The van der Waals surface area contributed by atoms with E-state index in [0.717, 1.165) is 25.0 Å². The van der Waals surface area contributed by atoms with Crippen LogP contribution in [-0.2, 0) is 4.74 Å². The van der Waals surface area contributed by atoms with Crippen molar-refractivity contribution < 1.29 is 9.84 Å². The van der Waals surface area contributed by atoms with Gasteiger partial charge in [-0.3, -0.25) is 0 Å². The third-order valence-corrected chi connectivity index (χ3v) is 2.42. The Morgan fingerprint density at radius 2 is 2.23 bits per heavy atom. The van der Waals surface area contributed by atoms with Gasteiger partial charge in [0.1, 0.15) is 5.75 Å². The summed E-state index contributed by atoms with van der Waals surface area (Å²) >= 11 is 5.81. The molecule has 1 aliphatic heterocycles. The van der Waals surface area contributed by atoms with Crippen molar-refractivity contribution in [2.24, 2.45) is 0 Å². The number of rotatable bonds is 1. The average molecular weight is 199 g/mol. The summed E-state index contributed by atoms with van der Waals surface area (Å²) in [5.41, 5.74) is 0.975. The summed E-state index contributed by atoms with van der Waals surface area (Å²) in [6, 6.07) is 5.08. The van der Waals surface area contributed by atoms with Crippen LogP contribution in [0.25, 0.3) is 0 Å². The topological polar surface area (TPSA) is 29.5 Å². The smallest absolute Gasteiger partial charge is 0.117 e. The normalized spacial score (nSPS) is 22.1. The second-order valence-electron chi connectivity index (χ2n) is 3.24. The highest BCUT2D eigenvalue weighted by Crippen LogP contribution is 2.32. The Bertz CT molecular complexity index is 286. The second-order valence-corrected chi connectivity index (χ2v) is 3.68. The van der Waals surface area contributed by atoms with E-state index in [-0.39, 0.29) is 11.9 Å². The van der Waals surface area contributed by atoms with Crippen LogP contribution in [-0.4, -0.2) is 11.7 Å². The van der Waals surface area contributed by atoms with Gasteiger partial charge in [-0.25, -0.2) is 0 Å². The molecule has 1 aliphatic rings. The highest BCUT2D eigenvalue weighted by Gasteiger charge is 2.18. The summed E-state index contributed by atoms with van der Waals surface area (Å²) in [7, 11) is 0. The van der Waals surface area contributed by atoms with Crippen LogP contribution in [0.4, 0.5) is 0 Å². The predicted molar refractivity (Wildman–Crippen MR) is 51.0 cm³/mol. The van der Waals surface area contributed by atoms with E-state index >= 15 is 0 Å². The number of benzene rings is 1. The summed E-state index contributed by atoms with van der Waals surface area (Å²) in [5.74, 6) is 0.206. The van der Waals surface area contributed by atoms with Gasteiger partial charge >= 0.3 is 0 Å². The van der Waals surface area contributed by atoms with Crippen molar-refractivity contribution >= 4 is 11.6 Å². The van der Waals surface area contributed by atoms with Gasteiger partial charge in [-0.2, -0.15) is 0 Å². The van der Waals surface area contributed by atoms with Crippen LogP contribution in [0.3, 0.4) is 0 Å². The van der Waals surface area contributed by atoms with Gasteiger partial charge in [0.05, 0.1) is 6.10 Å². The predicted octanol–water partition coefficient (Wildman–Crippen LogP) is 2.90. The fourth-order valence-electron chi connectivity index (χ4n) is 1.62. The molecule has 0 aromatic heterocycles. The van der Waals surface area contributed by atoms with Crippen LogP contribution in [0, 0.1) is 0 Å². The van der Waals surface area contributed by atoms with Crippen LogP contribution in [0.1, 0.15) is 24.5 Å². The van der Waals surface area contributed by atoms with Crippen molar-refractivity contribution in [3.05, 3.63) is 28.8 Å². The lowest BCUT2D eigenvalue weighted by atomic mass is 10.1. The number of aromatic hydroxyl groups is 1. The maximum Gasteiger partial charge on any atom is 0.117 e. The van der Waals surface area contributed by atoms with E-state index in [9.17, 15) is 5.11 Å². The van der Waals surface area contributed by atoms with E-state index in [1.165, 1.54) is 6.07 Å². The van der Waals surface area contributed by atoms with Gasteiger partial charge in [-0.15, -0.1) is 0 Å². The molecular formula is C10H11ClO2. The molecule has 2 nitrogen and oxygen atoms in total. The number of phenols is 1. The van der Waals surface area contributed by atoms with E-state index in [1.54, 1.807) is 6.07 Å². The second kappa shape index (κ2) is 3.56. The van der Waals surface area contributed by atoms with Crippen LogP contribution < -0.4 is 0 Å². The van der Waals surface area contributed by atoms with E-state index in [1.807, 2.05) is 6.07 Å². The van der Waals surface area contributed by atoms with Crippen LogP contribution in [0.2, 0.25) is 5.02 Å². The number of phenolic OH excluding ortho intramolecular Hbond substituents is 1. The van der Waals surface area contributed by atoms with Crippen molar-refractivity contribution in [2.75, 3.05) is 6.61 Å². The molecule has 2 rings (SSSR count). The standard InChI is InChI=1S/C10H11ClO2/c11-8-4-7(5-9(12)6-8)10-2-1-3-13-10/h4-6,10,12H,1-3H2/t10-/m1/s1. The molecule has 1 aromatic carbocycles. The first-order valence-electron chi connectivity index (χ1n) is 4.37. The van der Waals surface area contributed by atoms with Gasteiger partial charge < -0.3 is 9.84 Å². The summed E-state index contributed by atoms with van der Waals surface area (Å²) in [6.07, 6.45) is 2.21. The van der Waals surface area contributed by atoms with Crippen LogP contribution in [0.5, 0.6) is 5.75 Å². The molecule has 1 aromatic rings. The summed E-state index contributed by atoms with van der Waals surface area (Å²) in [4.78, 5) is 0. The van der Waals surface area contributed by atoms with Crippen molar-refractivity contribution in [2.45, 2.75) is 18.9 Å². The largest absolute Gasteiger partial charge is 0.508 e. The molecule has 0 spiro atoms. The fourth-order valence-corrected chi connectivity index (χ4v) is 1.86. The van der Waals surface area contributed by atoms with Crippen LogP contribution >= 0.6 is 11.6 Å². The molecule has 0 aliphatic carbocycles. The number of halogens is 1. The monoisotopic (exact) mass is 198 g/mol. The Labute approximate surface area is 82.1 Å². The minimum Gasteiger partial charge on any atom is -0.508 e. The summed E-state index contributed by atoms with van der Waals surface area (Å²) in [5, 5.41) is 9.87. The third kappa shape index (κ3) is 1.95. The first kappa shape index (κ1) is 8.85. The number of hydrogen-bond donors (Lipinski definition) is 1. The molecule has 0 saturated carbocycles. The van der Waals surface area contributed by atoms with Gasteiger partial charge in [0.2, 0.25) is 0 Å². The van der Waals surface area contributed by atoms with Gasteiger partial charge in [0, 0.05) is 11.6 Å². The highest BCUT2D eigenvalue weighted by atomic mass is 35.5. The lowest BCUT2D eigenvalue weighted by molar-refractivity contribution is 0.112. The molecule has 0 bridgehead atoms. The Balaban J connectivity index is 2.28. The maximum absolute atomic E-state index is 9.31. The molecule has 1 N–H and O–H groups in total. The Morgan fingerprint density at radius 3 is 2.85 bits per heavy atom. The third-order valence-electron chi connectivity index (χ3n) is 2.21. The molecule has 1 fully saturated rings. The first-order valence-corrected chi connectivity index (χ1v) is 4.74. The minimum atomic E-state index is 0.115. The Kier molecular flexibility index (Phi) is 2.42. The fraction of sp³-hybridized carbons (Fsp3) is 0.400. The maximum atomic E-state index is 9.31. The van der Waals surface area contributed by atoms with E-state index in [4.69, 9.17) is 16.3 Å². The number of ether oxygens (including phenoxy) is 1. The summed E-state index contributed by atoms with van der Waals surface area (Å²) in [6.45, 7) is 0.804. The van der Waals surface area contributed by atoms with Gasteiger partial charge in [0.25, 0.3) is 0 Å². The van der Waals surface area contributed by atoms with Gasteiger partial charge in [-0.05, 0) is 36.6 Å². The lowest BCUT2D eigenvalue weighted by Gasteiger charge is -2.10. The molecule has 0 unspecified atom stereocenters. The molecule has 0 amide bonds. The molecule has 3 heteroatoms. The first-order chi connectivity index (χ1) is 6.25. The quantitative estimate of drug-likeness (QED) is 0.752. The lowest BCUT2D eigenvalue weighted by Crippen LogP contribution is -1.94.